The molecule has 1 aliphatic rings. The second-order valence-electron chi connectivity index (χ2n) is 5.43. The first-order valence-corrected chi connectivity index (χ1v) is 8.62. The number of nitrogens with zero attached hydrogens (tertiary/aromatic N) is 1. The van der Waals surface area contributed by atoms with Gasteiger partial charge in [0.25, 0.3) is 0 Å². The lowest BCUT2D eigenvalue weighted by atomic mass is 10.1. The van der Waals surface area contributed by atoms with Crippen molar-refractivity contribution in [1.29, 1.82) is 0 Å². The van der Waals surface area contributed by atoms with E-state index in [9.17, 15) is 0 Å². The highest BCUT2D eigenvalue weighted by atomic mass is 28.3. The van der Waals surface area contributed by atoms with E-state index in [2.05, 4.69) is 43.9 Å². The van der Waals surface area contributed by atoms with Gasteiger partial charge in [-0.15, -0.1) is 0 Å². The summed E-state index contributed by atoms with van der Waals surface area (Å²) < 4.78 is 1.32. The minimum Gasteiger partial charge on any atom is -0.329 e. The van der Waals surface area contributed by atoms with E-state index in [1.54, 1.807) is 5.19 Å². The molecule has 0 unspecified atom stereocenters. The quantitative estimate of drug-likeness (QED) is 0.554. The van der Waals surface area contributed by atoms with Crippen LogP contribution in [-0.2, 0) is 0 Å². The molecule has 0 saturated carbocycles. The van der Waals surface area contributed by atoms with Crippen LogP contribution in [0.25, 0.3) is 0 Å². The average molecular weight is 233 g/mol. The Morgan fingerprint density at radius 2 is 1.69 bits per heavy atom. The van der Waals surface area contributed by atoms with E-state index in [-0.39, 0.29) is 8.80 Å². The summed E-state index contributed by atoms with van der Waals surface area (Å²) in [5.74, 6) is 0. The molecule has 87 valence electrons. The van der Waals surface area contributed by atoms with Crippen LogP contribution in [0.15, 0.2) is 30.3 Å². The molecule has 1 aliphatic heterocycles. The molecule has 1 nitrogen and oxygen atoms in total. The van der Waals surface area contributed by atoms with E-state index in [0.29, 0.717) is 0 Å². The third-order valence-corrected chi connectivity index (χ3v) is 6.34. The van der Waals surface area contributed by atoms with Crippen LogP contribution in [0, 0.1) is 0 Å². The zero-order valence-corrected chi connectivity index (χ0v) is 11.6. The lowest BCUT2D eigenvalue weighted by Gasteiger charge is -2.39. The largest absolute Gasteiger partial charge is 0.329 e. The van der Waals surface area contributed by atoms with Crippen molar-refractivity contribution in [3.05, 3.63) is 30.3 Å². The molecule has 0 bridgehead atoms. The Labute approximate surface area is 101 Å². The molecule has 1 aromatic rings. The van der Waals surface area contributed by atoms with Crippen LogP contribution < -0.4 is 5.19 Å². The molecular formula is C14H23NSi+. The van der Waals surface area contributed by atoms with Gasteiger partial charge in [0.1, 0.15) is 0 Å². The Kier molecular flexibility index (Phi) is 3.82. The summed E-state index contributed by atoms with van der Waals surface area (Å²) in [4.78, 5) is 0. The molecule has 2 heteroatoms. The number of likely N-dealkylation sites (tertiary alicyclic amines) is 1. The Balaban J connectivity index is 1.98. The van der Waals surface area contributed by atoms with Gasteiger partial charge in [0.05, 0.1) is 26.3 Å². The zero-order valence-electron chi connectivity index (χ0n) is 10.6. The second-order valence-corrected chi connectivity index (χ2v) is 7.89. The Bertz CT molecular complexity index is 317. The van der Waals surface area contributed by atoms with Crippen molar-refractivity contribution in [3.63, 3.8) is 0 Å². The van der Waals surface area contributed by atoms with Crippen LogP contribution in [0.2, 0.25) is 6.55 Å². The molecular weight excluding hydrogens is 210 g/mol. The summed E-state index contributed by atoms with van der Waals surface area (Å²) in [7, 11) is 2.10. The van der Waals surface area contributed by atoms with Crippen molar-refractivity contribution < 1.29 is 4.48 Å². The average Bonchev–Trinajstić information content (AvgIpc) is 2.30. The summed E-state index contributed by atoms with van der Waals surface area (Å²) in [6.07, 6.45) is 5.71. The van der Waals surface area contributed by atoms with Gasteiger partial charge in [0.2, 0.25) is 0 Å². The predicted octanol–water partition coefficient (Wildman–Crippen LogP) is 2.19. The van der Waals surface area contributed by atoms with Crippen LogP contribution in [0.3, 0.4) is 0 Å². The summed E-state index contributed by atoms with van der Waals surface area (Å²) in [5, 5.41) is 1.59. The standard InChI is InChI=1S/C14H23NSi/c1-15(11-7-4-8-12-15)13-16(2)14-9-5-3-6-10-14/h3,5-6,9-10H,4,7-8,11-13H2,1-2H3/q+1. The molecule has 1 radical (unpaired) electrons. The lowest BCUT2D eigenvalue weighted by molar-refractivity contribution is -0.904. The monoisotopic (exact) mass is 233 g/mol. The summed E-state index contributed by atoms with van der Waals surface area (Å²) >= 11 is 0. The van der Waals surface area contributed by atoms with E-state index in [4.69, 9.17) is 0 Å². The first-order chi connectivity index (χ1) is 7.70. The van der Waals surface area contributed by atoms with Crippen LogP contribution >= 0.6 is 0 Å². The second kappa shape index (κ2) is 5.15. The maximum Gasteiger partial charge on any atom is 0.151 e. The normalized spacial score (nSPS) is 19.9. The lowest BCUT2D eigenvalue weighted by Crippen LogP contribution is -2.55. The Hall–Kier alpha value is -0.603. The molecule has 0 spiro atoms. The van der Waals surface area contributed by atoms with Crippen molar-refractivity contribution in [1.82, 2.24) is 0 Å². The Morgan fingerprint density at radius 1 is 1.06 bits per heavy atom. The van der Waals surface area contributed by atoms with Crippen molar-refractivity contribution >= 4 is 14.0 Å². The minimum atomic E-state index is -0.352. The van der Waals surface area contributed by atoms with Gasteiger partial charge in [-0.1, -0.05) is 42.1 Å². The highest BCUT2D eigenvalue weighted by molar-refractivity contribution is 6.71. The smallest absolute Gasteiger partial charge is 0.151 e. The number of quaternary nitrogens is 1. The van der Waals surface area contributed by atoms with Gasteiger partial charge < -0.3 is 4.48 Å². The zero-order chi connectivity index (χ0) is 11.4. The molecule has 1 saturated heterocycles. The molecule has 0 atom stereocenters. The molecule has 1 aromatic carbocycles. The first kappa shape index (κ1) is 11.9. The molecule has 1 heterocycles. The van der Waals surface area contributed by atoms with Gasteiger partial charge >= 0.3 is 0 Å². The van der Waals surface area contributed by atoms with E-state index in [1.165, 1.54) is 43.0 Å². The molecule has 0 amide bonds. The van der Waals surface area contributed by atoms with Gasteiger partial charge in [-0.25, -0.2) is 0 Å². The van der Waals surface area contributed by atoms with E-state index in [1.807, 2.05) is 0 Å². The molecule has 0 N–H and O–H groups in total. The van der Waals surface area contributed by atoms with Gasteiger partial charge in [-0.3, -0.25) is 0 Å². The van der Waals surface area contributed by atoms with E-state index in [0.717, 1.165) is 0 Å². The number of benzene rings is 1. The number of piperidine rings is 1. The third kappa shape index (κ3) is 2.95. The van der Waals surface area contributed by atoms with Crippen LogP contribution in [0.4, 0.5) is 0 Å². The maximum atomic E-state index is 2.47. The molecule has 1 fully saturated rings. The molecule has 2 rings (SSSR count). The van der Waals surface area contributed by atoms with E-state index >= 15 is 0 Å². The highest BCUT2D eigenvalue weighted by Crippen LogP contribution is 2.16. The fourth-order valence-corrected chi connectivity index (χ4v) is 5.23. The number of hydrogen-bond donors (Lipinski definition) is 0. The minimum absolute atomic E-state index is 0.352. The number of rotatable bonds is 3. The number of hydrogen-bond acceptors (Lipinski definition) is 0. The van der Waals surface area contributed by atoms with Gasteiger partial charge in [-0.2, -0.15) is 0 Å². The van der Waals surface area contributed by atoms with Crippen molar-refractivity contribution in [3.8, 4) is 0 Å². The third-order valence-electron chi connectivity index (χ3n) is 3.78. The highest BCUT2D eigenvalue weighted by Gasteiger charge is 2.28. The topological polar surface area (TPSA) is 0 Å². The summed E-state index contributed by atoms with van der Waals surface area (Å²) in [5.41, 5.74) is 0. The van der Waals surface area contributed by atoms with Crippen molar-refractivity contribution in [2.24, 2.45) is 0 Å². The fraction of sp³-hybridized carbons (Fsp3) is 0.571. The van der Waals surface area contributed by atoms with Gasteiger partial charge in [-0.05, 0) is 19.3 Å². The first-order valence-electron chi connectivity index (χ1n) is 6.41. The molecule has 0 aliphatic carbocycles. The van der Waals surface area contributed by atoms with Crippen molar-refractivity contribution in [2.45, 2.75) is 25.8 Å². The SMILES string of the molecule is C[Si](C[N+]1(C)CCCCC1)c1ccccc1. The maximum absolute atomic E-state index is 2.47. The predicted molar refractivity (Wildman–Crippen MR) is 72.3 cm³/mol. The fourth-order valence-electron chi connectivity index (χ4n) is 2.82. The van der Waals surface area contributed by atoms with Crippen molar-refractivity contribution in [2.75, 3.05) is 26.3 Å². The summed E-state index contributed by atoms with van der Waals surface area (Å²) in [6.45, 7) is 5.27. The summed E-state index contributed by atoms with van der Waals surface area (Å²) in [6, 6.07) is 11.1. The van der Waals surface area contributed by atoms with Gasteiger partial charge in [0, 0.05) is 0 Å². The van der Waals surface area contributed by atoms with Gasteiger partial charge in [0.15, 0.2) is 8.80 Å². The Morgan fingerprint density at radius 3 is 2.31 bits per heavy atom. The molecule has 16 heavy (non-hydrogen) atoms. The van der Waals surface area contributed by atoms with Crippen LogP contribution in [0.5, 0.6) is 0 Å². The van der Waals surface area contributed by atoms with Crippen LogP contribution in [-0.4, -0.2) is 39.6 Å². The molecule has 0 aromatic heterocycles. The van der Waals surface area contributed by atoms with Crippen LogP contribution in [0.1, 0.15) is 19.3 Å². The van der Waals surface area contributed by atoms with E-state index < -0.39 is 0 Å².